The number of hydrogen-bond donors (Lipinski definition) is 2. The number of benzene rings is 3. The van der Waals surface area contributed by atoms with Gasteiger partial charge in [-0.3, -0.25) is 9.59 Å². The normalized spacial score (nSPS) is 14.3. The standard InChI is InChI=1S/C27H25N3O4S/c1-16-13-18(3)26(14-17(16)2)35(33,34)30-24-15-25(27(32)23-8-6-5-7-22(23)24)29-21-11-9-20(10-12-21)28-19(4)31/h5-15,29H,1-4H3,(H,28,31)/b30-24+. The largest absolute Gasteiger partial charge is 0.352 e. The summed E-state index contributed by atoms with van der Waals surface area (Å²) in [5.41, 5.74) is 4.87. The molecule has 0 aromatic heterocycles. The van der Waals surface area contributed by atoms with Crippen LogP contribution in [0.3, 0.4) is 0 Å². The Morgan fingerprint density at radius 2 is 1.43 bits per heavy atom. The van der Waals surface area contributed by atoms with Crippen LogP contribution in [0, 0.1) is 20.8 Å². The van der Waals surface area contributed by atoms with Crippen LogP contribution in [0.15, 0.2) is 81.7 Å². The molecular weight excluding hydrogens is 462 g/mol. The van der Waals surface area contributed by atoms with E-state index < -0.39 is 10.0 Å². The van der Waals surface area contributed by atoms with E-state index in [0.717, 1.165) is 11.1 Å². The average molecular weight is 488 g/mol. The molecule has 0 heterocycles. The van der Waals surface area contributed by atoms with E-state index >= 15 is 0 Å². The van der Waals surface area contributed by atoms with E-state index in [0.29, 0.717) is 28.1 Å². The predicted molar refractivity (Wildman–Crippen MR) is 138 cm³/mol. The summed E-state index contributed by atoms with van der Waals surface area (Å²) in [5, 5.41) is 5.74. The number of hydrogen-bond acceptors (Lipinski definition) is 5. The van der Waals surface area contributed by atoms with E-state index in [4.69, 9.17) is 0 Å². The molecule has 0 fully saturated rings. The van der Waals surface area contributed by atoms with Gasteiger partial charge in [-0.15, -0.1) is 0 Å². The third-order valence-electron chi connectivity index (χ3n) is 5.75. The Labute approximate surface area is 204 Å². The molecule has 0 unspecified atom stereocenters. The minimum Gasteiger partial charge on any atom is -0.352 e. The van der Waals surface area contributed by atoms with Crippen LogP contribution < -0.4 is 10.6 Å². The highest BCUT2D eigenvalue weighted by Gasteiger charge is 2.27. The maximum atomic E-state index is 13.3. The molecule has 0 atom stereocenters. The van der Waals surface area contributed by atoms with Gasteiger partial charge in [0.25, 0.3) is 10.0 Å². The van der Waals surface area contributed by atoms with E-state index in [1.165, 1.54) is 13.0 Å². The van der Waals surface area contributed by atoms with Crippen LogP contribution in [-0.4, -0.2) is 25.8 Å². The summed E-state index contributed by atoms with van der Waals surface area (Å²) < 4.78 is 30.8. The lowest BCUT2D eigenvalue weighted by atomic mass is 9.92. The number of carbonyl (C=O) groups is 2. The topological polar surface area (TPSA) is 105 Å². The Bertz CT molecular complexity index is 1520. The molecule has 3 aromatic rings. The van der Waals surface area contributed by atoms with Crippen molar-refractivity contribution >= 4 is 38.8 Å². The van der Waals surface area contributed by atoms with Crippen molar-refractivity contribution in [2.75, 3.05) is 10.6 Å². The van der Waals surface area contributed by atoms with Gasteiger partial charge >= 0.3 is 0 Å². The van der Waals surface area contributed by atoms with Gasteiger partial charge in [0.05, 0.1) is 16.3 Å². The number of nitrogens with zero attached hydrogens (tertiary/aromatic N) is 1. The summed E-state index contributed by atoms with van der Waals surface area (Å²) in [6.07, 6.45) is 1.46. The van der Waals surface area contributed by atoms with Crippen molar-refractivity contribution in [3.8, 4) is 0 Å². The van der Waals surface area contributed by atoms with Crippen LogP contribution in [-0.2, 0) is 14.8 Å². The molecule has 35 heavy (non-hydrogen) atoms. The summed E-state index contributed by atoms with van der Waals surface area (Å²) >= 11 is 0. The lowest BCUT2D eigenvalue weighted by molar-refractivity contribution is -0.114. The Balaban J connectivity index is 1.76. The lowest BCUT2D eigenvalue weighted by Gasteiger charge is -2.19. The van der Waals surface area contributed by atoms with Crippen LogP contribution >= 0.6 is 0 Å². The van der Waals surface area contributed by atoms with Gasteiger partial charge < -0.3 is 10.6 Å². The molecule has 0 spiro atoms. The fourth-order valence-electron chi connectivity index (χ4n) is 3.88. The number of allylic oxidation sites excluding steroid dienone is 2. The number of fused-ring (bicyclic) bond motifs is 1. The van der Waals surface area contributed by atoms with E-state index in [9.17, 15) is 18.0 Å². The zero-order valence-electron chi connectivity index (χ0n) is 19.8. The number of ketones is 1. The summed E-state index contributed by atoms with van der Waals surface area (Å²) in [6.45, 7) is 6.94. The highest BCUT2D eigenvalue weighted by atomic mass is 32.2. The predicted octanol–water partition coefficient (Wildman–Crippen LogP) is 4.94. The summed E-state index contributed by atoms with van der Waals surface area (Å²) in [4.78, 5) is 24.5. The first-order valence-corrected chi connectivity index (χ1v) is 12.4. The lowest BCUT2D eigenvalue weighted by Crippen LogP contribution is -2.22. The summed E-state index contributed by atoms with van der Waals surface area (Å²) in [5.74, 6) is -0.459. The van der Waals surface area contributed by atoms with Crippen molar-refractivity contribution in [3.05, 3.63) is 100 Å². The van der Waals surface area contributed by atoms with Crippen molar-refractivity contribution in [1.82, 2.24) is 0 Å². The van der Waals surface area contributed by atoms with Gasteiger partial charge in [0.15, 0.2) is 0 Å². The second-order valence-corrected chi connectivity index (χ2v) is 10.0. The van der Waals surface area contributed by atoms with Crippen molar-refractivity contribution < 1.29 is 18.0 Å². The molecule has 0 radical (unpaired) electrons. The van der Waals surface area contributed by atoms with Crippen molar-refractivity contribution in [2.45, 2.75) is 32.6 Å². The average Bonchev–Trinajstić information content (AvgIpc) is 2.80. The SMILES string of the molecule is CC(=O)Nc1ccc(NC2=C/C(=N\S(=O)(=O)c3cc(C)c(C)cc3C)c3ccccc3C2=O)cc1. The van der Waals surface area contributed by atoms with Crippen molar-refractivity contribution in [1.29, 1.82) is 0 Å². The minimum atomic E-state index is -4.04. The quantitative estimate of drug-likeness (QED) is 0.530. The Kier molecular flexibility index (Phi) is 6.41. The van der Waals surface area contributed by atoms with Gasteiger partial charge in [0.1, 0.15) is 0 Å². The highest BCUT2D eigenvalue weighted by Crippen LogP contribution is 2.27. The molecule has 2 N–H and O–H groups in total. The number of aryl methyl sites for hydroxylation is 3. The van der Waals surface area contributed by atoms with Crippen LogP contribution in [0.5, 0.6) is 0 Å². The van der Waals surface area contributed by atoms with Crippen molar-refractivity contribution in [2.24, 2.45) is 4.40 Å². The van der Waals surface area contributed by atoms with Crippen LogP contribution in [0.2, 0.25) is 0 Å². The second kappa shape index (κ2) is 9.31. The van der Waals surface area contributed by atoms with E-state index in [1.54, 1.807) is 61.5 Å². The fourth-order valence-corrected chi connectivity index (χ4v) is 5.18. The molecule has 0 aliphatic heterocycles. The number of rotatable bonds is 5. The molecule has 4 rings (SSSR count). The van der Waals surface area contributed by atoms with Crippen LogP contribution in [0.25, 0.3) is 0 Å². The molecule has 1 amide bonds. The first-order chi connectivity index (χ1) is 16.5. The summed E-state index contributed by atoms with van der Waals surface area (Å²) in [6, 6.07) is 17.1. The van der Waals surface area contributed by atoms with Gasteiger partial charge in [-0.25, -0.2) is 0 Å². The molecule has 0 saturated carbocycles. The monoisotopic (exact) mass is 487 g/mol. The molecule has 178 valence electrons. The smallest absolute Gasteiger partial charge is 0.283 e. The number of Topliss-reactive ketones (excluding diaryl/α,β-unsaturated/α-hetero) is 1. The molecule has 1 aliphatic carbocycles. The number of sulfonamides is 1. The summed E-state index contributed by atoms with van der Waals surface area (Å²) in [7, 11) is -4.04. The fraction of sp³-hybridized carbons (Fsp3) is 0.148. The van der Waals surface area contributed by atoms with Gasteiger partial charge in [0, 0.05) is 29.4 Å². The zero-order valence-corrected chi connectivity index (χ0v) is 20.7. The number of nitrogens with one attached hydrogen (secondary N) is 2. The van der Waals surface area contributed by atoms with Gasteiger partial charge in [-0.1, -0.05) is 30.3 Å². The minimum absolute atomic E-state index is 0.138. The molecule has 1 aliphatic rings. The second-order valence-electron chi connectivity index (χ2n) is 8.47. The van der Waals surface area contributed by atoms with E-state index in [2.05, 4.69) is 15.0 Å². The Morgan fingerprint density at radius 1 is 0.829 bits per heavy atom. The van der Waals surface area contributed by atoms with Gasteiger partial charge in [-0.05, 0) is 73.9 Å². The number of amides is 1. The first kappa shape index (κ1) is 24.1. The van der Waals surface area contributed by atoms with Crippen LogP contribution in [0.4, 0.5) is 11.4 Å². The number of anilines is 2. The third-order valence-corrected chi connectivity index (χ3v) is 7.18. The van der Waals surface area contributed by atoms with Crippen molar-refractivity contribution in [3.63, 3.8) is 0 Å². The highest BCUT2D eigenvalue weighted by molar-refractivity contribution is 7.90. The molecule has 0 saturated heterocycles. The Morgan fingerprint density at radius 3 is 2.09 bits per heavy atom. The van der Waals surface area contributed by atoms with E-state index in [1.807, 2.05) is 19.9 Å². The van der Waals surface area contributed by atoms with Gasteiger partial charge in [0.2, 0.25) is 11.7 Å². The molecule has 0 bridgehead atoms. The zero-order chi connectivity index (χ0) is 25.3. The maximum Gasteiger partial charge on any atom is 0.283 e. The maximum absolute atomic E-state index is 13.3. The molecule has 8 heteroatoms. The van der Waals surface area contributed by atoms with Gasteiger partial charge in [-0.2, -0.15) is 12.8 Å². The molecule has 3 aromatic carbocycles. The van der Waals surface area contributed by atoms with E-state index in [-0.39, 0.29) is 28.0 Å². The van der Waals surface area contributed by atoms with Crippen LogP contribution in [0.1, 0.15) is 39.5 Å². The number of carbonyl (C=O) groups excluding carboxylic acids is 2. The molecular formula is C27H25N3O4S. The molecule has 7 nitrogen and oxygen atoms in total. The Hall–Kier alpha value is -4.04. The third kappa shape index (κ3) is 5.07. The first-order valence-electron chi connectivity index (χ1n) is 11.0.